The van der Waals surface area contributed by atoms with Crippen LogP contribution in [0.1, 0.15) is 35.9 Å². The molecule has 1 heterocycles. The van der Waals surface area contributed by atoms with Crippen molar-refractivity contribution >= 4 is 32.9 Å². The molecular formula is C18H17BrN4O4. The molecule has 0 unspecified atom stereocenters. The van der Waals surface area contributed by atoms with E-state index in [-0.39, 0.29) is 5.56 Å². The van der Waals surface area contributed by atoms with Crippen molar-refractivity contribution in [2.75, 3.05) is 0 Å². The van der Waals surface area contributed by atoms with Crippen molar-refractivity contribution in [3.63, 3.8) is 0 Å². The van der Waals surface area contributed by atoms with Crippen molar-refractivity contribution in [2.24, 2.45) is 7.05 Å². The molecule has 3 rings (SSSR count). The van der Waals surface area contributed by atoms with Gasteiger partial charge in [0.05, 0.1) is 11.1 Å². The maximum Gasteiger partial charge on any atom is 0.339 e. The van der Waals surface area contributed by atoms with Crippen LogP contribution in [-0.2, 0) is 11.8 Å². The summed E-state index contributed by atoms with van der Waals surface area (Å²) in [5.41, 5.74) is 0.584. The molecule has 140 valence electrons. The Morgan fingerprint density at radius 1 is 1.26 bits per heavy atom. The van der Waals surface area contributed by atoms with Gasteiger partial charge in [-0.2, -0.15) is 0 Å². The second-order valence-corrected chi connectivity index (χ2v) is 7.58. The monoisotopic (exact) mass is 432 g/mol. The molecule has 0 N–H and O–H groups in total. The summed E-state index contributed by atoms with van der Waals surface area (Å²) in [6, 6.07) is 11.7. The number of halogens is 1. The molecular weight excluding hydrogens is 416 g/mol. The molecule has 0 amide bonds. The summed E-state index contributed by atoms with van der Waals surface area (Å²) < 4.78 is 8.00. The van der Waals surface area contributed by atoms with Crippen LogP contribution in [0.4, 0.5) is 0 Å². The third kappa shape index (κ3) is 3.68. The lowest BCUT2D eigenvalue weighted by molar-refractivity contribution is -0.574. The molecule has 0 saturated heterocycles. The van der Waals surface area contributed by atoms with Crippen LogP contribution in [0.2, 0.25) is 0 Å². The molecule has 1 aromatic heterocycles. The highest BCUT2D eigenvalue weighted by Gasteiger charge is 2.45. The second kappa shape index (κ2) is 7.07. The number of hydrogen-bond acceptors (Lipinski definition) is 6. The lowest BCUT2D eigenvalue weighted by atomic mass is 9.91. The fourth-order valence-electron chi connectivity index (χ4n) is 2.70. The third-order valence-electron chi connectivity index (χ3n) is 4.36. The van der Waals surface area contributed by atoms with Gasteiger partial charge in [-0.25, -0.2) is 9.48 Å². The molecule has 2 aromatic carbocycles. The van der Waals surface area contributed by atoms with Crippen LogP contribution in [0.25, 0.3) is 11.0 Å². The molecule has 0 radical (unpaired) electrons. The Bertz CT molecular complexity index is 1010. The van der Waals surface area contributed by atoms with Gasteiger partial charge in [-0.05, 0) is 35.9 Å². The molecule has 3 aromatic rings. The van der Waals surface area contributed by atoms with Crippen LogP contribution in [-0.4, -0.2) is 31.4 Å². The van der Waals surface area contributed by atoms with Crippen LogP contribution in [0.3, 0.4) is 0 Å². The molecule has 1 atom stereocenters. The molecule has 0 saturated carbocycles. The smallest absolute Gasteiger partial charge is 0.339 e. The normalized spacial score (nSPS) is 12.7. The highest BCUT2D eigenvalue weighted by atomic mass is 79.9. The van der Waals surface area contributed by atoms with Crippen LogP contribution in [0.15, 0.2) is 46.9 Å². The van der Waals surface area contributed by atoms with E-state index in [4.69, 9.17) is 4.74 Å². The number of hydrogen-bond donors (Lipinski definition) is 0. The summed E-state index contributed by atoms with van der Waals surface area (Å²) in [4.78, 5) is 23.8. The zero-order chi connectivity index (χ0) is 19.8. The fourth-order valence-corrected chi connectivity index (χ4v) is 2.96. The van der Waals surface area contributed by atoms with Crippen LogP contribution < -0.4 is 0 Å². The van der Waals surface area contributed by atoms with E-state index in [1.165, 1.54) is 13.8 Å². The standard InChI is InChI=1S/C18H17BrN4O4/c1-18(2,23(25)26)16(11-4-7-13(19)8-5-11)27-17(24)12-6-9-15-14(10-12)20-21-22(15)3/h4-10,16H,1-3H3/t16-/m1/s1. The Balaban J connectivity index is 1.95. The Hall–Kier alpha value is -2.81. The van der Waals surface area contributed by atoms with E-state index in [9.17, 15) is 14.9 Å². The minimum absolute atomic E-state index is 0.254. The molecule has 8 nitrogen and oxygen atoms in total. The number of benzene rings is 2. The number of carbonyl (C=O) groups is 1. The number of esters is 1. The van der Waals surface area contributed by atoms with E-state index < -0.39 is 22.5 Å². The Kier molecular flexibility index (Phi) is 4.97. The topological polar surface area (TPSA) is 100 Å². The van der Waals surface area contributed by atoms with Crippen LogP contribution in [0.5, 0.6) is 0 Å². The van der Waals surface area contributed by atoms with Gasteiger partial charge in [0.2, 0.25) is 0 Å². The predicted octanol–water partition coefficient (Wildman–Crippen LogP) is 3.68. The van der Waals surface area contributed by atoms with Gasteiger partial charge in [0.1, 0.15) is 5.52 Å². The molecule has 0 aliphatic carbocycles. The van der Waals surface area contributed by atoms with Gasteiger partial charge in [-0.3, -0.25) is 10.1 Å². The zero-order valence-electron chi connectivity index (χ0n) is 14.9. The van der Waals surface area contributed by atoms with Crippen molar-refractivity contribution in [1.29, 1.82) is 0 Å². The Morgan fingerprint density at radius 2 is 1.93 bits per heavy atom. The fraction of sp³-hybridized carbons (Fsp3) is 0.278. The van der Waals surface area contributed by atoms with Crippen molar-refractivity contribution in [3.05, 3.63) is 68.2 Å². The van der Waals surface area contributed by atoms with Gasteiger partial charge in [-0.15, -0.1) is 5.10 Å². The summed E-state index contributed by atoms with van der Waals surface area (Å²) >= 11 is 3.33. The van der Waals surface area contributed by atoms with Gasteiger partial charge in [0, 0.05) is 30.3 Å². The van der Waals surface area contributed by atoms with Gasteiger partial charge in [0.25, 0.3) is 5.54 Å². The van der Waals surface area contributed by atoms with E-state index in [0.29, 0.717) is 11.1 Å². The quantitative estimate of drug-likeness (QED) is 0.346. The minimum atomic E-state index is -1.51. The number of fused-ring (bicyclic) bond motifs is 1. The number of ether oxygens (including phenoxy) is 1. The van der Waals surface area contributed by atoms with E-state index in [1.54, 1.807) is 54.2 Å². The lowest BCUT2D eigenvalue weighted by Crippen LogP contribution is -2.40. The first-order chi connectivity index (χ1) is 12.7. The zero-order valence-corrected chi connectivity index (χ0v) is 16.5. The highest BCUT2D eigenvalue weighted by Crippen LogP contribution is 2.33. The van der Waals surface area contributed by atoms with Crippen molar-refractivity contribution in [2.45, 2.75) is 25.5 Å². The molecule has 0 aliphatic rings. The molecule has 0 bridgehead atoms. The van der Waals surface area contributed by atoms with E-state index >= 15 is 0 Å². The van der Waals surface area contributed by atoms with Gasteiger partial charge < -0.3 is 4.74 Å². The Morgan fingerprint density at radius 3 is 2.56 bits per heavy atom. The second-order valence-electron chi connectivity index (χ2n) is 6.66. The molecule has 0 fully saturated rings. The third-order valence-corrected chi connectivity index (χ3v) is 4.88. The maximum absolute atomic E-state index is 12.7. The summed E-state index contributed by atoms with van der Waals surface area (Å²) in [5, 5.41) is 19.5. The average Bonchev–Trinajstić information content (AvgIpc) is 3.00. The van der Waals surface area contributed by atoms with Crippen molar-refractivity contribution < 1.29 is 14.5 Å². The minimum Gasteiger partial charge on any atom is -0.446 e. The first-order valence-electron chi connectivity index (χ1n) is 8.10. The SMILES string of the molecule is Cn1nnc2cc(C(=O)O[C@H](c3ccc(Br)cc3)C(C)(C)[N+](=O)[O-])ccc21. The number of aryl methyl sites for hydroxylation is 1. The summed E-state index contributed by atoms with van der Waals surface area (Å²) in [6.45, 7) is 2.86. The van der Waals surface area contributed by atoms with Gasteiger partial charge in [-0.1, -0.05) is 33.3 Å². The summed E-state index contributed by atoms with van der Waals surface area (Å²) in [5.74, 6) is -0.662. The number of rotatable bonds is 5. The maximum atomic E-state index is 12.7. The van der Waals surface area contributed by atoms with Gasteiger partial charge >= 0.3 is 5.97 Å². The first kappa shape index (κ1) is 19.0. The molecule has 27 heavy (non-hydrogen) atoms. The number of aromatic nitrogens is 3. The number of carbonyl (C=O) groups excluding carboxylic acids is 1. The van der Waals surface area contributed by atoms with Gasteiger partial charge in [0.15, 0.2) is 6.10 Å². The number of nitrogens with zero attached hydrogens (tertiary/aromatic N) is 4. The lowest BCUT2D eigenvalue weighted by Gasteiger charge is -2.27. The molecule has 0 spiro atoms. The largest absolute Gasteiger partial charge is 0.446 e. The van der Waals surface area contributed by atoms with Crippen molar-refractivity contribution in [1.82, 2.24) is 15.0 Å². The van der Waals surface area contributed by atoms with Crippen LogP contribution in [0, 0.1) is 10.1 Å². The first-order valence-corrected chi connectivity index (χ1v) is 8.90. The molecule has 9 heteroatoms. The Labute approximate surface area is 163 Å². The predicted molar refractivity (Wildman–Crippen MR) is 102 cm³/mol. The molecule has 0 aliphatic heterocycles. The van der Waals surface area contributed by atoms with E-state index in [0.717, 1.165) is 9.99 Å². The van der Waals surface area contributed by atoms with E-state index in [1.807, 2.05) is 0 Å². The summed E-state index contributed by atoms with van der Waals surface area (Å²) in [6.07, 6.45) is -1.06. The average molecular weight is 433 g/mol. The van der Waals surface area contributed by atoms with Crippen molar-refractivity contribution in [3.8, 4) is 0 Å². The van der Waals surface area contributed by atoms with E-state index in [2.05, 4.69) is 26.2 Å². The summed E-state index contributed by atoms with van der Waals surface area (Å²) in [7, 11) is 1.75. The number of nitro groups is 1. The highest BCUT2D eigenvalue weighted by molar-refractivity contribution is 9.10. The van der Waals surface area contributed by atoms with Crippen LogP contribution >= 0.6 is 15.9 Å².